The Labute approximate surface area is 96.2 Å². The zero-order chi connectivity index (χ0) is 12.5. The largest absolute Gasteiger partial charge is 0.265 e. The van der Waals surface area contributed by atoms with Gasteiger partial charge in [-0.25, -0.2) is 17.5 Å². The zero-order valence-electron chi connectivity index (χ0n) is 8.68. The van der Waals surface area contributed by atoms with Gasteiger partial charge in [-0.15, -0.1) is 5.10 Å². The molecular formula is C8H8FN5O2S. The number of hydrogen-bond acceptors (Lipinski definition) is 5. The monoisotopic (exact) mass is 257 g/mol. The van der Waals surface area contributed by atoms with Gasteiger partial charge in [-0.1, -0.05) is 0 Å². The number of H-pyrrole nitrogens is 1. The molecule has 2 rings (SSSR count). The molecule has 2 aromatic heterocycles. The molecule has 0 spiro atoms. The SMILES string of the molecule is Cc1nc(NS(=O)(=O)c2cncc(F)c2)n[nH]1. The molecule has 0 amide bonds. The van der Waals surface area contributed by atoms with Crippen LogP contribution in [-0.2, 0) is 10.0 Å². The highest BCUT2D eigenvalue weighted by atomic mass is 32.2. The van der Waals surface area contributed by atoms with E-state index in [4.69, 9.17) is 0 Å². The number of anilines is 1. The van der Waals surface area contributed by atoms with Gasteiger partial charge in [0.15, 0.2) is 0 Å². The summed E-state index contributed by atoms with van der Waals surface area (Å²) in [6.07, 6.45) is 1.95. The number of sulfonamides is 1. The Bertz CT molecular complexity index is 639. The highest BCUT2D eigenvalue weighted by molar-refractivity contribution is 7.92. The predicted molar refractivity (Wildman–Crippen MR) is 56.1 cm³/mol. The van der Waals surface area contributed by atoms with Gasteiger partial charge in [0.2, 0.25) is 0 Å². The quantitative estimate of drug-likeness (QED) is 0.831. The van der Waals surface area contributed by atoms with Crippen molar-refractivity contribution in [3.05, 3.63) is 30.1 Å². The average Bonchev–Trinajstić information content (AvgIpc) is 2.63. The summed E-state index contributed by atoms with van der Waals surface area (Å²) >= 11 is 0. The first-order valence-electron chi connectivity index (χ1n) is 4.50. The number of aromatic nitrogens is 4. The molecule has 2 aromatic rings. The molecular weight excluding hydrogens is 249 g/mol. The third-order valence-corrected chi connectivity index (χ3v) is 3.11. The topological polar surface area (TPSA) is 101 Å². The molecule has 0 aliphatic carbocycles. The molecule has 9 heteroatoms. The minimum atomic E-state index is -3.92. The van der Waals surface area contributed by atoms with Crippen LogP contribution in [0.25, 0.3) is 0 Å². The lowest BCUT2D eigenvalue weighted by atomic mass is 10.5. The second-order valence-electron chi connectivity index (χ2n) is 3.19. The number of aryl methyl sites for hydroxylation is 1. The Morgan fingerprint density at radius 3 is 2.76 bits per heavy atom. The molecule has 2 N–H and O–H groups in total. The molecule has 0 radical (unpaired) electrons. The fourth-order valence-electron chi connectivity index (χ4n) is 1.11. The first-order valence-corrected chi connectivity index (χ1v) is 5.98. The van der Waals surface area contributed by atoms with Gasteiger partial charge in [-0.3, -0.25) is 10.1 Å². The summed E-state index contributed by atoms with van der Waals surface area (Å²) in [5.41, 5.74) is 0. The normalized spacial score (nSPS) is 11.4. The van der Waals surface area contributed by atoms with Crippen LogP contribution in [-0.4, -0.2) is 28.6 Å². The van der Waals surface area contributed by atoms with Gasteiger partial charge in [0.05, 0.1) is 6.20 Å². The van der Waals surface area contributed by atoms with E-state index >= 15 is 0 Å². The van der Waals surface area contributed by atoms with E-state index in [0.717, 1.165) is 18.5 Å². The fraction of sp³-hybridized carbons (Fsp3) is 0.125. The molecule has 0 fully saturated rings. The maximum Gasteiger partial charge on any atom is 0.265 e. The van der Waals surface area contributed by atoms with E-state index in [9.17, 15) is 12.8 Å². The molecule has 0 atom stereocenters. The Morgan fingerprint density at radius 2 is 2.18 bits per heavy atom. The maximum atomic E-state index is 12.8. The second-order valence-corrected chi connectivity index (χ2v) is 4.87. The standard InChI is InChI=1S/C8H8FN5O2S/c1-5-11-8(13-12-5)14-17(15,16)7-2-6(9)3-10-4-7/h2-4H,1H3,(H2,11,12,13,14). The van der Waals surface area contributed by atoms with E-state index in [1.807, 2.05) is 0 Å². The molecule has 90 valence electrons. The average molecular weight is 257 g/mol. The van der Waals surface area contributed by atoms with Crippen molar-refractivity contribution in [1.29, 1.82) is 0 Å². The molecule has 0 aromatic carbocycles. The fourth-order valence-corrected chi connectivity index (χ4v) is 2.02. The van der Waals surface area contributed by atoms with Crippen LogP contribution in [0, 0.1) is 12.7 Å². The van der Waals surface area contributed by atoms with Gasteiger partial charge < -0.3 is 0 Å². The molecule has 0 aliphatic heterocycles. The first kappa shape index (κ1) is 11.5. The van der Waals surface area contributed by atoms with E-state index in [1.54, 1.807) is 6.92 Å². The van der Waals surface area contributed by atoms with Crippen molar-refractivity contribution < 1.29 is 12.8 Å². The van der Waals surface area contributed by atoms with Crippen LogP contribution in [0.2, 0.25) is 0 Å². The van der Waals surface area contributed by atoms with E-state index in [-0.39, 0.29) is 10.8 Å². The van der Waals surface area contributed by atoms with E-state index in [0.29, 0.717) is 5.82 Å². The van der Waals surface area contributed by atoms with Crippen molar-refractivity contribution in [2.24, 2.45) is 0 Å². The molecule has 0 saturated heterocycles. The van der Waals surface area contributed by atoms with E-state index < -0.39 is 15.8 Å². The van der Waals surface area contributed by atoms with Crippen LogP contribution in [0.4, 0.5) is 10.3 Å². The van der Waals surface area contributed by atoms with Crippen LogP contribution in [0.15, 0.2) is 23.4 Å². The molecule has 0 aliphatic rings. The first-order chi connectivity index (χ1) is 7.97. The molecule has 2 heterocycles. The molecule has 0 bridgehead atoms. The van der Waals surface area contributed by atoms with Gasteiger partial charge in [0, 0.05) is 6.20 Å². The van der Waals surface area contributed by atoms with Gasteiger partial charge in [-0.05, 0) is 13.0 Å². The highest BCUT2D eigenvalue weighted by Gasteiger charge is 2.17. The van der Waals surface area contributed by atoms with Crippen LogP contribution in [0.1, 0.15) is 5.82 Å². The number of aromatic amines is 1. The minimum Gasteiger partial charge on any atom is -0.261 e. The minimum absolute atomic E-state index is 0.105. The van der Waals surface area contributed by atoms with Crippen molar-refractivity contribution in [3.8, 4) is 0 Å². The van der Waals surface area contributed by atoms with Crippen LogP contribution in [0.3, 0.4) is 0 Å². The lowest BCUT2D eigenvalue weighted by molar-refractivity contribution is 0.592. The number of rotatable bonds is 3. The Morgan fingerprint density at radius 1 is 1.41 bits per heavy atom. The summed E-state index contributed by atoms with van der Waals surface area (Å²) in [4.78, 5) is 6.94. The number of halogens is 1. The van der Waals surface area contributed by atoms with Gasteiger partial charge in [0.1, 0.15) is 16.5 Å². The predicted octanol–water partition coefficient (Wildman–Crippen LogP) is 0.448. The lowest BCUT2D eigenvalue weighted by Crippen LogP contribution is -2.14. The van der Waals surface area contributed by atoms with Crippen molar-refractivity contribution in [2.75, 3.05) is 4.72 Å². The van der Waals surface area contributed by atoms with Gasteiger partial charge in [-0.2, -0.15) is 4.98 Å². The van der Waals surface area contributed by atoms with Crippen LogP contribution < -0.4 is 4.72 Å². The van der Waals surface area contributed by atoms with Crippen LogP contribution >= 0.6 is 0 Å². The van der Waals surface area contributed by atoms with Crippen molar-refractivity contribution in [2.45, 2.75) is 11.8 Å². The summed E-state index contributed by atoms with van der Waals surface area (Å²) in [6, 6.07) is 0.856. The molecule has 0 unspecified atom stereocenters. The number of hydrogen-bond donors (Lipinski definition) is 2. The Balaban J connectivity index is 2.31. The van der Waals surface area contributed by atoms with Crippen LogP contribution in [0.5, 0.6) is 0 Å². The summed E-state index contributed by atoms with van der Waals surface area (Å²) in [7, 11) is -3.92. The van der Waals surface area contributed by atoms with E-state index in [1.165, 1.54) is 0 Å². The summed E-state index contributed by atoms with van der Waals surface area (Å²) in [5, 5.41) is 6.08. The lowest BCUT2D eigenvalue weighted by Gasteiger charge is -2.03. The third kappa shape index (κ3) is 2.56. The number of nitrogens with one attached hydrogen (secondary N) is 2. The van der Waals surface area contributed by atoms with Gasteiger partial charge in [0.25, 0.3) is 16.0 Å². The van der Waals surface area contributed by atoms with Crippen molar-refractivity contribution in [1.82, 2.24) is 20.2 Å². The number of nitrogens with zero attached hydrogens (tertiary/aromatic N) is 3. The van der Waals surface area contributed by atoms with Gasteiger partial charge >= 0.3 is 0 Å². The number of pyridine rings is 1. The molecule has 17 heavy (non-hydrogen) atoms. The third-order valence-electron chi connectivity index (χ3n) is 1.81. The van der Waals surface area contributed by atoms with Crippen molar-refractivity contribution >= 4 is 16.0 Å². The summed E-state index contributed by atoms with van der Waals surface area (Å²) in [6.45, 7) is 1.62. The summed E-state index contributed by atoms with van der Waals surface area (Å²) < 4.78 is 38.4. The summed E-state index contributed by atoms with van der Waals surface area (Å²) in [5.74, 6) is -0.383. The molecule has 0 saturated carbocycles. The maximum absolute atomic E-state index is 12.8. The smallest absolute Gasteiger partial charge is 0.261 e. The van der Waals surface area contributed by atoms with Crippen molar-refractivity contribution in [3.63, 3.8) is 0 Å². The zero-order valence-corrected chi connectivity index (χ0v) is 9.49. The Hall–Kier alpha value is -2.03. The van der Waals surface area contributed by atoms with E-state index in [2.05, 4.69) is 24.9 Å². The molecule has 7 nitrogen and oxygen atoms in total. The highest BCUT2D eigenvalue weighted by Crippen LogP contribution is 2.12. The second kappa shape index (κ2) is 4.09. The Kier molecular flexibility index (Phi) is 2.76.